The summed E-state index contributed by atoms with van der Waals surface area (Å²) in [6.07, 6.45) is 8.06. The van der Waals surface area contributed by atoms with Crippen molar-refractivity contribution in [1.29, 1.82) is 0 Å². The Morgan fingerprint density at radius 1 is 1.00 bits per heavy atom. The highest BCUT2D eigenvalue weighted by Gasteiger charge is 2.28. The van der Waals surface area contributed by atoms with E-state index in [1.54, 1.807) is 0 Å². The third kappa shape index (κ3) is 6.56. The third-order valence-electron chi connectivity index (χ3n) is 2.78. The van der Waals surface area contributed by atoms with Crippen LogP contribution in [0.2, 0.25) is 18.6 Å². The predicted molar refractivity (Wildman–Crippen MR) is 66.1 cm³/mol. The van der Waals surface area contributed by atoms with Crippen molar-refractivity contribution in [2.75, 3.05) is 0 Å². The fraction of sp³-hybridized carbons (Fsp3) is 1.00. The van der Waals surface area contributed by atoms with E-state index in [2.05, 4.69) is 26.9 Å². The van der Waals surface area contributed by atoms with E-state index in [-0.39, 0.29) is 0 Å². The summed E-state index contributed by atoms with van der Waals surface area (Å²) in [5.41, 5.74) is 0.842. The average molecular weight is 221 g/mol. The molecule has 0 nitrogen and oxygen atoms in total. The van der Waals surface area contributed by atoms with Gasteiger partial charge in [-0.3, -0.25) is 0 Å². The molecule has 80 valence electrons. The molecular formula is C11H25ClSi. The molecule has 0 spiro atoms. The minimum absolute atomic E-state index is 0.842. The number of rotatable bonds is 7. The SMILES string of the molecule is CCCCC(CCCC)[Si](C)(C)Cl. The summed E-state index contributed by atoms with van der Waals surface area (Å²) in [5, 5.41) is 0. The molecule has 0 aromatic carbocycles. The van der Waals surface area contributed by atoms with Gasteiger partial charge in [0.05, 0.1) is 0 Å². The van der Waals surface area contributed by atoms with E-state index in [1.165, 1.54) is 38.5 Å². The standard InChI is InChI=1S/C11H25ClSi/c1-5-7-9-11(10-8-6-2)13(3,4)12/h11H,5-10H2,1-4H3. The topological polar surface area (TPSA) is 0 Å². The van der Waals surface area contributed by atoms with Crippen LogP contribution in [0, 0.1) is 0 Å². The zero-order valence-electron chi connectivity index (χ0n) is 9.70. The van der Waals surface area contributed by atoms with Gasteiger partial charge in [-0.2, -0.15) is 11.1 Å². The first-order valence-corrected chi connectivity index (χ1v) is 9.80. The van der Waals surface area contributed by atoms with Crippen LogP contribution in [0.5, 0.6) is 0 Å². The van der Waals surface area contributed by atoms with Crippen molar-refractivity contribution < 1.29 is 0 Å². The molecule has 0 saturated carbocycles. The van der Waals surface area contributed by atoms with Crippen LogP contribution >= 0.6 is 11.1 Å². The fourth-order valence-corrected chi connectivity index (χ4v) is 4.17. The van der Waals surface area contributed by atoms with Gasteiger partial charge in [-0.05, 0) is 5.54 Å². The highest BCUT2D eigenvalue weighted by molar-refractivity contribution is 7.19. The normalized spacial score (nSPS) is 12.5. The van der Waals surface area contributed by atoms with Gasteiger partial charge in [-0.15, -0.1) is 0 Å². The highest BCUT2D eigenvalue weighted by Crippen LogP contribution is 2.34. The van der Waals surface area contributed by atoms with Crippen molar-refractivity contribution in [3.05, 3.63) is 0 Å². The molecule has 0 aromatic rings. The minimum atomic E-state index is -1.39. The van der Waals surface area contributed by atoms with Gasteiger partial charge in [-0.1, -0.05) is 65.5 Å². The van der Waals surface area contributed by atoms with Crippen molar-refractivity contribution in [1.82, 2.24) is 0 Å². The molecule has 0 aliphatic carbocycles. The maximum atomic E-state index is 6.51. The van der Waals surface area contributed by atoms with Crippen LogP contribution in [0.1, 0.15) is 52.4 Å². The van der Waals surface area contributed by atoms with Gasteiger partial charge >= 0.3 is 0 Å². The van der Waals surface area contributed by atoms with E-state index in [4.69, 9.17) is 11.1 Å². The Kier molecular flexibility index (Phi) is 7.16. The smallest absolute Gasteiger partial charge is 0.153 e. The molecule has 0 aliphatic heterocycles. The summed E-state index contributed by atoms with van der Waals surface area (Å²) in [6.45, 7) is 9.12. The molecule has 13 heavy (non-hydrogen) atoms. The lowest BCUT2D eigenvalue weighted by molar-refractivity contribution is 0.590. The van der Waals surface area contributed by atoms with E-state index in [9.17, 15) is 0 Å². The molecule has 0 bridgehead atoms. The Morgan fingerprint density at radius 3 is 1.62 bits per heavy atom. The summed E-state index contributed by atoms with van der Waals surface area (Å²) < 4.78 is 0. The quantitative estimate of drug-likeness (QED) is 0.410. The summed E-state index contributed by atoms with van der Waals surface area (Å²) in [4.78, 5) is 0. The van der Waals surface area contributed by atoms with Crippen LogP contribution in [0.25, 0.3) is 0 Å². The first-order chi connectivity index (χ1) is 6.02. The predicted octanol–water partition coefficient (Wildman–Crippen LogP) is 5.18. The molecule has 0 saturated heterocycles. The Bertz CT molecular complexity index is 110. The number of hydrogen-bond acceptors (Lipinski definition) is 0. The summed E-state index contributed by atoms with van der Waals surface area (Å²) >= 11 is 6.51. The molecule has 0 rings (SSSR count). The Balaban J connectivity index is 3.88. The molecule has 2 heteroatoms. The number of halogens is 1. The second-order valence-corrected chi connectivity index (χ2v) is 11.4. The van der Waals surface area contributed by atoms with E-state index in [0.717, 1.165) is 5.54 Å². The van der Waals surface area contributed by atoms with Gasteiger partial charge in [0.1, 0.15) is 0 Å². The monoisotopic (exact) mass is 220 g/mol. The molecular weight excluding hydrogens is 196 g/mol. The molecule has 0 amide bonds. The molecule has 0 aliphatic rings. The zero-order chi connectivity index (χ0) is 10.3. The molecule has 0 N–H and O–H groups in total. The lowest BCUT2D eigenvalue weighted by Crippen LogP contribution is -2.25. The average Bonchev–Trinajstić information content (AvgIpc) is 2.02. The number of hydrogen-bond donors (Lipinski definition) is 0. The van der Waals surface area contributed by atoms with Crippen molar-refractivity contribution in [2.24, 2.45) is 0 Å². The van der Waals surface area contributed by atoms with Gasteiger partial charge in [0.25, 0.3) is 0 Å². The van der Waals surface area contributed by atoms with E-state index in [1.807, 2.05) is 0 Å². The summed E-state index contributed by atoms with van der Waals surface area (Å²) in [7, 11) is -1.39. The van der Waals surface area contributed by atoms with Crippen LogP contribution in [0.15, 0.2) is 0 Å². The molecule has 0 aromatic heterocycles. The van der Waals surface area contributed by atoms with Gasteiger partial charge in [0.15, 0.2) is 7.38 Å². The Hall–Kier alpha value is 0.507. The van der Waals surface area contributed by atoms with Crippen molar-refractivity contribution in [3.63, 3.8) is 0 Å². The minimum Gasteiger partial charge on any atom is -0.167 e. The molecule has 0 fully saturated rings. The maximum Gasteiger partial charge on any atom is 0.153 e. The number of unbranched alkanes of at least 4 members (excludes halogenated alkanes) is 2. The second-order valence-electron chi connectivity index (χ2n) is 4.55. The van der Waals surface area contributed by atoms with E-state index < -0.39 is 7.38 Å². The molecule has 0 heterocycles. The van der Waals surface area contributed by atoms with Crippen LogP contribution in [0.4, 0.5) is 0 Å². The van der Waals surface area contributed by atoms with Crippen LogP contribution < -0.4 is 0 Å². The van der Waals surface area contributed by atoms with Crippen molar-refractivity contribution in [3.8, 4) is 0 Å². The van der Waals surface area contributed by atoms with Crippen LogP contribution in [-0.4, -0.2) is 7.38 Å². The van der Waals surface area contributed by atoms with Crippen LogP contribution in [0.3, 0.4) is 0 Å². The molecule has 0 unspecified atom stereocenters. The van der Waals surface area contributed by atoms with Gasteiger partial charge in [-0.25, -0.2) is 0 Å². The van der Waals surface area contributed by atoms with Crippen LogP contribution in [-0.2, 0) is 0 Å². The van der Waals surface area contributed by atoms with Crippen molar-refractivity contribution >= 4 is 18.5 Å². The Morgan fingerprint density at radius 2 is 1.38 bits per heavy atom. The summed E-state index contributed by atoms with van der Waals surface area (Å²) in [5.74, 6) is 0. The molecule has 0 atom stereocenters. The first-order valence-electron chi connectivity index (χ1n) is 5.71. The van der Waals surface area contributed by atoms with E-state index in [0.29, 0.717) is 0 Å². The molecule has 0 radical (unpaired) electrons. The second kappa shape index (κ2) is 6.89. The van der Waals surface area contributed by atoms with Gasteiger partial charge in [0.2, 0.25) is 0 Å². The maximum absolute atomic E-state index is 6.51. The van der Waals surface area contributed by atoms with Gasteiger partial charge < -0.3 is 0 Å². The Labute approximate surface area is 89.8 Å². The van der Waals surface area contributed by atoms with Crippen molar-refractivity contribution in [2.45, 2.75) is 71.0 Å². The highest BCUT2D eigenvalue weighted by atomic mass is 35.6. The lowest BCUT2D eigenvalue weighted by Gasteiger charge is -2.26. The lowest BCUT2D eigenvalue weighted by atomic mass is 10.1. The fourth-order valence-electron chi connectivity index (χ4n) is 1.73. The largest absolute Gasteiger partial charge is 0.167 e. The third-order valence-corrected chi connectivity index (χ3v) is 6.23. The summed E-state index contributed by atoms with van der Waals surface area (Å²) in [6, 6.07) is 0. The first kappa shape index (κ1) is 13.5. The zero-order valence-corrected chi connectivity index (χ0v) is 11.5. The van der Waals surface area contributed by atoms with Gasteiger partial charge in [0, 0.05) is 0 Å². The van der Waals surface area contributed by atoms with E-state index >= 15 is 0 Å².